The molecule has 0 aliphatic rings. The molecule has 0 aliphatic heterocycles. The van der Waals surface area contributed by atoms with E-state index >= 15 is 0 Å². The highest BCUT2D eigenvalue weighted by Crippen LogP contribution is 2.23. The first-order chi connectivity index (χ1) is 10.1. The van der Waals surface area contributed by atoms with E-state index < -0.39 is 11.6 Å². The summed E-state index contributed by atoms with van der Waals surface area (Å²) >= 11 is 0. The molecule has 0 aromatic heterocycles. The number of nitrogens with one attached hydrogen (secondary N) is 1. The van der Waals surface area contributed by atoms with Gasteiger partial charge in [0.15, 0.2) is 11.6 Å². The highest BCUT2D eigenvalue weighted by atomic mass is 19.2. The highest BCUT2D eigenvalue weighted by molar-refractivity contribution is 5.24. The zero-order valence-electron chi connectivity index (χ0n) is 12.4. The van der Waals surface area contributed by atoms with Gasteiger partial charge in [0.1, 0.15) is 0 Å². The molecule has 1 nitrogen and oxygen atoms in total. The van der Waals surface area contributed by atoms with Crippen molar-refractivity contribution in [2.75, 3.05) is 6.54 Å². The summed E-state index contributed by atoms with van der Waals surface area (Å²) in [5.74, 6) is -1.30. The molecule has 2 atom stereocenters. The molecule has 112 valence electrons. The van der Waals surface area contributed by atoms with Crippen LogP contribution in [0, 0.1) is 11.6 Å². The third-order valence-corrected chi connectivity index (χ3v) is 3.87. The van der Waals surface area contributed by atoms with E-state index in [2.05, 4.69) is 24.4 Å². The van der Waals surface area contributed by atoms with Gasteiger partial charge in [0.05, 0.1) is 0 Å². The van der Waals surface area contributed by atoms with Gasteiger partial charge in [0, 0.05) is 6.04 Å². The van der Waals surface area contributed by atoms with Crippen molar-refractivity contribution >= 4 is 0 Å². The molecule has 0 radical (unpaired) electrons. The Bertz CT molecular complexity index is 569. The van der Waals surface area contributed by atoms with Gasteiger partial charge in [-0.1, -0.05) is 56.3 Å². The standard InChI is InChI=1S/C18H21F2N/c1-3-21-17(13(2)14-8-5-4-6-9-14)12-15-10-7-11-16(19)18(15)20/h4-11,13,17,21H,3,12H2,1-2H3. The summed E-state index contributed by atoms with van der Waals surface area (Å²) in [5.41, 5.74) is 1.61. The maximum Gasteiger partial charge on any atom is 0.162 e. The number of benzene rings is 2. The molecule has 0 saturated heterocycles. The number of likely N-dealkylation sites (N-methyl/N-ethyl adjacent to an activating group) is 1. The van der Waals surface area contributed by atoms with Gasteiger partial charge in [-0.3, -0.25) is 0 Å². The summed E-state index contributed by atoms with van der Waals surface area (Å²) in [5, 5.41) is 3.39. The smallest absolute Gasteiger partial charge is 0.162 e. The van der Waals surface area contributed by atoms with Crippen molar-refractivity contribution in [2.45, 2.75) is 32.2 Å². The molecule has 0 amide bonds. The van der Waals surface area contributed by atoms with E-state index in [1.807, 2.05) is 25.1 Å². The van der Waals surface area contributed by atoms with E-state index in [4.69, 9.17) is 0 Å². The second kappa shape index (κ2) is 7.32. The molecular formula is C18H21F2N. The average Bonchev–Trinajstić information content (AvgIpc) is 2.51. The van der Waals surface area contributed by atoms with E-state index in [-0.39, 0.29) is 12.0 Å². The lowest BCUT2D eigenvalue weighted by Gasteiger charge is -2.25. The molecule has 2 rings (SSSR count). The topological polar surface area (TPSA) is 12.0 Å². The first kappa shape index (κ1) is 15.6. The Hall–Kier alpha value is -1.74. The van der Waals surface area contributed by atoms with Crippen molar-refractivity contribution in [2.24, 2.45) is 0 Å². The van der Waals surface area contributed by atoms with Crippen LogP contribution in [0.1, 0.15) is 30.9 Å². The van der Waals surface area contributed by atoms with Crippen molar-refractivity contribution in [1.29, 1.82) is 0 Å². The van der Waals surface area contributed by atoms with Gasteiger partial charge in [0.25, 0.3) is 0 Å². The molecule has 21 heavy (non-hydrogen) atoms. The molecule has 2 aromatic rings. The van der Waals surface area contributed by atoms with Crippen LogP contribution in [-0.4, -0.2) is 12.6 Å². The van der Waals surface area contributed by atoms with Crippen molar-refractivity contribution in [3.8, 4) is 0 Å². The van der Waals surface area contributed by atoms with E-state index in [0.717, 1.165) is 12.6 Å². The Morgan fingerprint density at radius 3 is 2.38 bits per heavy atom. The van der Waals surface area contributed by atoms with Crippen LogP contribution < -0.4 is 5.32 Å². The van der Waals surface area contributed by atoms with E-state index in [9.17, 15) is 8.78 Å². The minimum atomic E-state index is -0.782. The fourth-order valence-corrected chi connectivity index (χ4v) is 2.62. The van der Waals surface area contributed by atoms with Crippen LogP contribution in [0.2, 0.25) is 0 Å². The van der Waals surface area contributed by atoms with Crippen LogP contribution in [0.5, 0.6) is 0 Å². The highest BCUT2D eigenvalue weighted by Gasteiger charge is 2.20. The molecule has 3 heteroatoms. The molecule has 0 saturated carbocycles. The second-order valence-corrected chi connectivity index (χ2v) is 5.28. The summed E-state index contributed by atoms with van der Waals surface area (Å²) in [7, 11) is 0. The number of rotatable bonds is 6. The number of hydrogen-bond acceptors (Lipinski definition) is 1. The fraction of sp³-hybridized carbons (Fsp3) is 0.333. The second-order valence-electron chi connectivity index (χ2n) is 5.28. The fourth-order valence-electron chi connectivity index (χ4n) is 2.62. The molecule has 0 fully saturated rings. The van der Waals surface area contributed by atoms with Crippen molar-refractivity contribution < 1.29 is 8.78 Å². The summed E-state index contributed by atoms with van der Waals surface area (Å²) < 4.78 is 27.2. The minimum absolute atomic E-state index is 0.0636. The van der Waals surface area contributed by atoms with Gasteiger partial charge in [-0.2, -0.15) is 0 Å². The van der Waals surface area contributed by atoms with Crippen LogP contribution in [0.25, 0.3) is 0 Å². The minimum Gasteiger partial charge on any atom is -0.313 e. The van der Waals surface area contributed by atoms with Gasteiger partial charge in [0.2, 0.25) is 0 Å². The summed E-state index contributed by atoms with van der Waals surface area (Å²) in [6.45, 7) is 4.92. The molecule has 0 spiro atoms. The Labute approximate surface area is 125 Å². The summed E-state index contributed by atoms with van der Waals surface area (Å²) in [4.78, 5) is 0. The van der Waals surface area contributed by atoms with Crippen LogP contribution in [0.15, 0.2) is 48.5 Å². The largest absolute Gasteiger partial charge is 0.313 e. The van der Waals surface area contributed by atoms with Gasteiger partial charge in [-0.25, -0.2) is 8.78 Å². The molecule has 2 unspecified atom stereocenters. The van der Waals surface area contributed by atoms with E-state index in [1.165, 1.54) is 5.56 Å². The third-order valence-electron chi connectivity index (χ3n) is 3.87. The van der Waals surface area contributed by atoms with Crippen LogP contribution in [0.4, 0.5) is 8.78 Å². The van der Waals surface area contributed by atoms with Crippen molar-refractivity contribution in [3.63, 3.8) is 0 Å². The van der Waals surface area contributed by atoms with Crippen molar-refractivity contribution in [3.05, 3.63) is 71.3 Å². The van der Waals surface area contributed by atoms with E-state index in [1.54, 1.807) is 12.1 Å². The van der Waals surface area contributed by atoms with Gasteiger partial charge >= 0.3 is 0 Å². The molecule has 0 heterocycles. The lowest BCUT2D eigenvalue weighted by molar-refractivity contribution is 0.439. The normalized spacial score (nSPS) is 13.9. The lowest BCUT2D eigenvalue weighted by atomic mass is 9.89. The first-order valence-electron chi connectivity index (χ1n) is 7.34. The lowest BCUT2D eigenvalue weighted by Crippen LogP contribution is -2.36. The van der Waals surface area contributed by atoms with Gasteiger partial charge < -0.3 is 5.32 Å². The number of halogens is 2. The summed E-state index contributed by atoms with van der Waals surface area (Å²) in [6.07, 6.45) is 0.466. The molecule has 0 aliphatic carbocycles. The number of hydrogen-bond donors (Lipinski definition) is 1. The molecule has 1 N–H and O–H groups in total. The van der Waals surface area contributed by atoms with E-state index in [0.29, 0.717) is 12.0 Å². The predicted molar refractivity (Wildman–Crippen MR) is 82.4 cm³/mol. The van der Waals surface area contributed by atoms with Crippen molar-refractivity contribution in [1.82, 2.24) is 5.32 Å². The molecular weight excluding hydrogens is 268 g/mol. The maximum atomic E-state index is 13.9. The Balaban J connectivity index is 2.21. The van der Waals surface area contributed by atoms with Gasteiger partial charge in [-0.05, 0) is 36.1 Å². The first-order valence-corrected chi connectivity index (χ1v) is 7.34. The Kier molecular flexibility index (Phi) is 5.45. The third kappa shape index (κ3) is 3.88. The average molecular weight is 289 g/mol. The monoisotopic (exact) mass is 289 g/mol. The quantitative estimate of drug-likeness (QED) is 0.836. The summed E-state index contributed by atoms with van der Waals surface area (Å²) in [6, 6.07) is 14.5. The van der Waals surface area contributed by atoms with Gasteiger partial charge in [-0.15, -0.1) is 0 Å². The molecule has 0 bridgehead atoms. The van der Waals surface area contributed by atoms with Crippen LogP contribution in [-0.2, 0) is 6.42 Å². The zero-order valence-corrected chi connectivity index (χ0v) is 12.4. The Morgan fingerprint density at radius 2 is 1.71 bits per heavy atom. The molecule has 2 aromatic carbocycles. The Morgan fingerprint density at radius 1 is 1.00 bits per heavy atom. The zero-order chi connectivity index (χ0) is 15.2. The predicted octanol–water partition coefficient (Wildman–Crippen LogP) is 4.29. The van der Waals surface area contributed by atoms with Crippen LogP contribution >= 0.6 is 0 Å². The van der Waals surface area contributed by atoms with Crippen LogP contribution in [0.3, 0.4) is 0 Å². The maximum absolute atomic E-state index is 13.9. The SMILES string of the molecule is CCNC(Cc1cccc(F)c1F)C(C)c1ccccc1.